The second-order valence-corrected chi connectivity index (χ2v) is 8.74. The second-order valence-electron chi connectivity index (χ2n) is 7.17. The first-order valence-electron chi connectivity index (χ1n) is 8.99. The van der Waals surface area contributed by atoms with Gasteiger partial charge in [-0.15, -0.1) is 0 Å². The zero-order chi connectivity index (χ0) is 18.3. The van der Waals surface area contributed by atoms with Crippen molar-refractivity contribution in [1.29, 1.82) is 0 Å². The summed E-state index contributed by atoms with van der Waals surface area (Å²) in [5.74, 6) is 1.97. The molecule has 3 heteroatoms. The Labute approximate surface area is 157 Å². The van der Waals surface area contributed by atoms with Gasteiger partial charge >= 0.3 is 9.28 Å². The molecule has 2 nitrogen and oxygen atoms in total. The van der Waals surface area contributed by atoms with E-state index in [2.05, 4.69) is 64.1 Å². The Bertz CT molecular complexity index is 904. The van der Waals surface area contributed by atoms with E-state index in [1.165, 1.54) is 33.4 Å². The van der Waals surface area contributed by atoms with Gasteiger partial charge in [-0.05, 0) is 49.9 Å². The van der Waals surface area contributed by atoms with E-state index in [1.54, 1.807) is 0 Å². The van der Waals surface area contributed by atoms with Gasteiger partial charge in [-0.2, -0.15) is 0 Å². The highest BCUT2D eigenvalue weighted by molar-refractivity contribution is 6.62. The molecule has 0 aromatic heterocycles. The van der Waals surface area contributed by atoms with Crippen LogP contribution in [0, 0.1) is 27.7 Å². The molecule has 0 atom stereocenters. The molecule has 1 heterocycles. The van der Waals surface area contributed by atoms with E-state index in [0.717, 1.165) is 23.1 Å². The fourth-order valence-electron chi connectivity index (χ4n) is 3.74. The molecule has 131 valence electrons. The molecule has 0 saturated carbocycles. The summed E-state index contributed by atoms with van der Waals surface area (Å²) in [6, 6.07) is 19.2. The van der Waals surface area contributed by atoms with E-state index < -0.39 is 9.28 Å². The summed E-state index contributed by atoms with van der Waals surface area (Å²) in [7, 11) is -1.68. The molecule has 4 rings (SSSR count). The van der Waals surface area contributed by atoms with Crippen LogP contribution in [0.15, 0.2) is 54.6 Å². The van der Waals surface area contributed by atoms with Gasteiger partial charge in [0.1, 0.15) is 11.5 Å². The van der Waals surface area contributed by atoms with Crippen LogP contribution in [0.5, 0.6) is 11.5 Å². The van der Waals surface area contributed by atoms with Gasteiger partial charge in [0.25, 0.3) is 0 Å². The quantitative estimate of drug-likeness (QED) is 0.588. The van der Waals surface area contributed by atoms with Gasteiger partial charge in [0, 0.05) is 11.6 Å². The van der Waals surface area contributed by atoms with Crippen molar-refractivity contribution < 1.29 is 8.85 Å². The third-order valence-electron chi connectivity index (χ3n) is 4.77. The van der Waals surface area contributed by atoms with Crippen molar-refractivity contribution in [3.05, 3.63) is 88.0 Å². The van der Waals surface area contributed by atoms with Crippen LogP contribution in [0.1, 0.15) is 33.4 Å². The largest absolute Gasteiger partial charge is 0.572 e. The molecular formula is C23H23O2Si. The van der Waals surface area contributed by atoms with Crippen molar-refractivity contribution in [3.8, 4) is 11.5 Å². The molecule has 1 radical (unpaired) electrons. The molecule has 0 saturated heterocycles. The number of hydrogen-bond donors (Lipinski definition) is 0. The molecule has 0 N–H and O–H groups in total. The number of benzene rings is 3. The van der Waals surface area contributed by atoms with Gasteiger partial charge in [0.2, 0.25) is 0 Å². The predicted molar refractivity (Wildman–Crippen MR) is 108 cm³/mol. The lowest BCUT2D eigenvalue weighted by molar-refractivity contribution is 0.424. The topological polar surface area (TPSA) is 18.5 Å². The van der Waals surface area contributed by atoms with Crippen LogP contribution in [0.4, 0.5) is 0 Å². The lowest BCUT2D eigenvalue weighted by atomic mass is 9.96. The third-order valence-corrected chi connectivity index (χ3v) is 6.36. The third kappa shape index (κ3) is 3.15. The highest BCUT2D eigenvalue weighted by Gasteiger charge is 2.30. The Morgan fingerprint density at radius 3 is 1.69 bits per heavy atom. The highest BCUT2D eigenvalue weighted by Crippen LogP contribution is 2.35. The number of rotatable bonds is 1. The van der Waals surface area contributed by atoms with E-state index in [1.807, 2.05) is 18.2 Å². The van der Waals surface area contributed by atoms with Crippen LogP contribution in [-0.2, 0) is 6.42 Å². The fraction of sp³-hybridized carbons (Fsp3) is 0.217. The zero-order valence-corrected chi connectivity index (χ0v) is 16.7. The van der Waals surface area contributed by atoms with E-state index in [0.29, 0.717) is 0 Å². The summed E-state index contributed by atoms with van der Waals surface area (Å²) in [5, 5.41) is 1.12. The van der Waals surface area contributed by atoms with E-state index in [9.17, 15) is 0 Å². The van der Waals surface area contributed by atoms with Crippen LogP contribution < -0.4 is 14.0 Å². The Hall–Kier alpha value is -2.52. The Morgan fingerprint density at radius 2 is 1.19 bits per heavy atom. The first-order chi connectivity index (χ1) is 12.5. The predicted octanol–water partition coefficient (Wildman–Crippen LogP) is 4.68. The van der Waals surface area contributed by atoms with Crippen molar-refractivity contribution in [3.63, 3.8) is 0 Å². The van der Waals surface area contributed by atoms with Crippen LogP contribution >= 0.6 is 0 Å². The molecule has 3 aromatic carbocycles. The minimum atomic E-state index is -1.68. The highest BCUT2D eigenvalue weighted by atomic mass is 28.3. The van der Waals surface area contributed by atoms with Crippen LogP contribution in [-0.4, -0.2) is 9.28 Å². The van der Waals surface area contributed by atoms with Gasteiger partial charge in [-0.3, -0.25) is 0 Å². The van der Waals surface area contributed by atoms with E-state index in [4.69, 9.17) is 8.85 Å². The second kappa shape index (κ2) is 6.65. The lowest BCUT2D eigenvalue weighted by Gasteiger charge is -2.27. The average molecular weight is 360 g/mol. The van der Waals surface area contributed by atoms with E-state index in [-0.39, 0.29) is 0 Å². The molecule has 0 bridgehead atoms. The van der Waals surface area contributed by atoms with Gasteiger partial charge in [-0.1, -0.05) is 65.7 Å². The first kappa shape index (κ1) is 16.9. The smallest absolute Gasteiger partial charge is 0.506 e. The maximum Gasteiger partial charge on any atom is 0.572 e. The van der Waals surface area contributed by atoms with Gasteiger partial charge < -0.3 is 8.85 Å². The molecule has 0 amide bonds. The number of aryl methyl sites for hydroxylation is 4. The monoisotopic (exact) mass is 359 g/mol. The Morgan fingerprint density at radius 1 is 0.692 bits per heavy atom. The summed E-state index contributed by atoms with van der Waals surface area (Å²) in [5.41, 5.74) is 7.38. The SMILES string of the molecule is Cc1cc(C)c2c(c1)Cc1cc(C)cc(C)c1O[Si](c1ccccc1)O2. The summed E-state index contributed by atoms with van der Waals surface area (Å²) < 4.78 is 13.1. The van der Waals surface area contributed by atoms with Crippen molar-refractivity contribution in [2.75, 3.05) is 0 Å². The summed E-state index contributed by atoms with van der Waals surface area (Å²) in [4.78, 5) is 0. The molecule has 0 aliphatic carbocycles. The van der Waals surface area contributed by atoms with Crippen LogP contribution in [0.3, 0.4) is 0 Å². The minimum absolute atomic E-state index is 0.833. The normalized spacial score (nSPS) is 13.7. The molecule has 0 fully saturated rings. The number of fused-ring (bicyclic) bond motifs is 2. The van der Waals surface area contributed by atoms with Gasteiger partial charge in [-0.25, -0.2) is 0 Å². The Balaban J connectivity index is 1.92. The molecule has 26 heavy (non-hydrogen) atoms. The minimum Gasteiger partial charge on any atom is -0.506 e. The van der Waals surface area contributed by atoms with E-state index >= 15 is 0 Å². The summed E-state index contributed by atoms with van der Waals surface area (Å²) in [6.45, 7) is 8.54. The standard InChI is InChI=1S/C23H23O2Si/c1-15-10-17(3)22-19(12-15)14-20-13-16(2)11-18(4)23(20)25-26(24-22)21-8-6-5-7-9-21/h5-13H,14H2,1-4H3. The van der Waals surface area contributed by atoms with Crippen molar-refractivity contribution in [2.24, 2.45) is 0 Å². The lowest BCUT2D eigenvalue weighted by Crippen LogP contribution is -2.44. The van der Waals surface area contributed by atoms with Gasteiger partial charge in [0.05, 0.1) is 0 Å². The average Bonchev–Trinajstić information content (AvgIpc) is 2.58. The van der Waals surface area contributed by atoms with Crippen LogP contribution in [0.2, 0.25) is 0 Å². The van der Waals surface area contributed by atoms with Crippen molar-refractivity contribution in [1.82, 2.24) is 0 Å². The Kier molecular flexibility index (Phi) is 4.33. The molecule has 0 spiro atoms. The maximum absolute atomic E-state index is 6.53. The zero-order valence-electron chi connectivity index (χ0n) is 15.7. The molecule has 1 aliphatic rings. The maximum atomic E-state index is 6.53. The first-order valence-corrected chi connectivity index (χ1v) is 10.3. The fourth-order valence-corrected chi connectivity index (χ4v) is 5.44. The molecule has 1 aliphatic heterocycles. The molecular weight excluding hydrogens is 336 g/mol. The van der Waals surface area contributed by atoms with Crippen LogP contribution in [0.25, 0.3) is 0 Å². The molecule has 3 aromatic rings. The summed E-state index contributed by atoms with van der Waals surface area (Å²) in [6.07, 6.45) is 0.833. The van der Waals surface area contributed by atoms with Crippen molar-refractivity contribution >= 4 is 14.5 Å². The van der Waals surface area contributed by atoms with Crippen molar-refractivity contribution in [2.45, 2.75) is 34.1 Å². The van der Waals surface area contributed by atoms with Gasteiger partial charge in [0.15, 0.2) is 0 Å². The molecule has 0 unspecified atom stereocenters. The summed E-state index contributed by atoms with van der Waals surface area (Å²) >= 11 is 0. The number of hydrogen-bond acceptors (Lipinski definition) is 2.